The van der Waals surface area contributed by atoms with E-state index in [1.165, 1.54) is 23.5 Å². The van der Waals surface area contributed by atoms with Crippen molar-refractivity contribution >= 4 is 33.4 Å². The van der Waals surface area contributed by atoms with Crippen LogP contribution in [0.3, 0.4) is 0 Å². The number of aliphatic hydroxyl groups is 2. The van der Waals surface area contributed by atoms with E-state index in [2.05, 4.69) is 0 Å². The van der Waals surface area contributed by atoms with Crippen molar-refractivity contribution in [2.75, 3.05) is 34.9 Å². The molecule has 0 atom stereocenters. The lowest BCUT2D eigenvalue weighted by Crippen LogP contribution is -2.08. The summed E-state index contributed by atoms with van der Waals surface area (Å²) >= 11 is 2.41. The molecule has 0 rings (SSSR count). The number of hydrogen-bond donors (Lipinski definition) is 2. The summed E-state index contributed by atoms with van der Waals surface area (Å²) in [6, 6.07) is 0. The minimum Gasteiger partial charge on any atom is -0.396 e. The molecule has 0 saturated heterocycles. The van der Waals surface area contributed by atoms with Crippen LogP contribution in [0.5, 0.6) is 0 Å². The molecule has 0 aliphatic heterocycles. The molecule has 0 fully saturated rings. The molecule has 2 N–H and O–H groups in total. The number of rotatable bonds is 8. The molecule has 0 heterocycles. The normalized spacial score (nSPS) is 11.8. The van der Waals surface area contributed by atoms with Gasteiger partial charge < -0.3 is 10.2 Å². The monoisotopic (exact) mass is 246 g/mol. The van der Waals surface area contributed by atoms with Gasteiger partial charge >= 0.3 is 0 Å². The Balaban J connectivity index is 3.55. The summed E-state index contributed by atoms with van der Waals surface area (Å²) in [4.78, 5) is 0. The summed E-state index contributed by atoms with van der Waals surface area (Å²) in [7, 11) is -3.02. The molecule has 0 radical (unpaired) electrons. The highest BCUT2D eigenvalue weighted by Gasteiger charge is 2.09. The molecule has 13 heavy (non-hydrogen) atoms. The lowest BCUT2D eigenvalue weighted by molar-refractivity contribution is 0.322. The van der Waals surface area contributed by atoms with E-state index in [1.807, 2.05) is 0 Å². The van der Waals surface area contributed by atoms with Gasteiger partial charge in [-0.15, -0.1) is 23.5 Å². The number of aliphatic hydroxyl groups excluding tert-OH is 2. The lowest BCUT2D eigenvalue weighted by atomic mass is 10.9. The van der Waals surface area contributed by atoms with Crippen molar-refractivity contribution < 1.29 is 18.6 Å². The largest absolute Gasteiger partial charge is 0.396 e. The van der Waals surface area contributed by atoms with Gasteiger partial charge in [-0.25, -0.2) is 8.42 Å². The Morgan fingerprint density at radius 3 is 1.62 bits per heavy atom. The van der Waals surface area contributed by atoms with E-state index in [0.717, 1.165) is 0 Å². The molecule has 4 nitrogen and oxygen atoms in total. The fraction of sp³-hybridized carbons (Fsp3) is 1.00. The molecule has 0 saturated carbocycles. The zero-order valence-corrected chi connectivity index (χ0v) is 9.63. The van der Waals surface area contributed by atoms with Crippen molar-refractivity contribution in [3.05, 3.63) is 0 Å². The Morgan fingerprint density at radius 2 is 1.31 bits per heavy atom. The van der Waals surface area contributed by atoms with Crippen LogP contribution in [0.25, 0.3) is 0 Å². The smallest absolute Gasteiger partial charge is 0.168 e. The summed E-state index contributed by atoms with van der Waals surface area (Å²) in [5, 5.41) is 16.9. The molecule has 0 aromatic rings. The van der Waals surface area contributed by atoms with E-state index in [0.29, 0.717) is 11.5 Å². The quantitative estimate of drug-likeness (QED) is 0.576. The standard InChI is InChI=1S/C6H14O4S3/c7-1-3-11-5-13(9,10)6-12-4-2-8/h7-8H,1-6H2. The van der Waals surface area contributed by atoms with Crippen LogP contribution in [0.15, 0.2) is 0 Å². The highest BCUT2D eigenvalue weighted by Crippen LogP contribution is 2.11. The van der Waals surface area contributed by atoms with Crippen molar-refractivity contribution in [1.82, 2.24) is 0 Å². The summed E-state index contributed by atoms with van der Waals surface area (Å²) in [6.07, 6.45) is 0. The van der Waals surface area contributed by atoms with Crippen LogP contribution in [-0.2, 0) is 9.84 Å². The predicted octanol–water partition coefficient (Wildman–Crippen LogP) is -0.233. The van der Waals surface area contributed by atoms with Crippen LogP contribution in [0.2, 0.25) is 0 Å². The van der Waals surface area contributed by atoms with E-state index in [-0.39, 0.29) is 23.4 Å². The zero-order chi connectivity index (χ0) is 10.2. The number of hydrogen-bond acceptors (Lipinski definition) is 6. The maximum atomic E-state index is 11.2. The number of sulfone groups is 1. The van der Waals surface area contributed by atoms with Crippen LogP contribution in [0.4, 0.5) is 0 Å². The van der Waals surface area contributed by atoms with Crippen molar-refractivity contribution in [3.8, 4) is 0 Å². The molecule has 0 amide bonds. The molecule has 7 heteroatoms. The minimum atomic E-state index is -3.02. The van der Waals surface area contributed by atoms with Crippen molar-refractivity contribution in [3.63, 3.8) is 0 Å². The highest BCUT2D eigenvalue weighted by molar-refractivity contribution is 8.19. The third-order valence-electron chi connectivity index (χ3n) is 0.997. The molecule has 0 aliphatic rings. The first-order valence-electron chi connectivity index (χ1n) is 3.70. The van der Waals surface area contributed by atoms with Crippen molar-refractivity contribution in [2.24, 2.45) is 0 Å². The SMILES string of the molecule is O=S(=O)(CSCCO)CSCCO. The third kappa shape index (κ3) is 8.89. The first-order valence-corrected chi connectivity index (χ1v) is 7.83. The summed E-state index contributed by atoms with van der Waals surface area (Å²) in [5.74, 6) is 0.897. The van der Waals surface area contributed by atoms with Crippen LogP contribution in [0, 0.1) is 0 Å². The van der Waals surface area contributed by atoms with E-state index >= 15 is 0 Å². The van der Waals surface area contributed by atoms with Gasteiger partial charge in [-0.2, -0.15) is 0 Å². The highest BCUT2D eigenvalue weighted by atomic mass is 32.3. The molecule has 0 unspecified atom stereocenters. The second-order valence-corrected chi connectivity index (χ2v) is 7.25. The van der Waals surface area contributed by atoms with Gasteiger partial charge in [0.2, 0.25) is 0 Å². The second kappa shape index (κ2) is 7.93. The summed E-state index contributed by atoms with van der Waals surface area (Å²) < 4.78 is 22.4. The molecule has 80 valence electrons. The van der Waals surface area contributed by atoms with Gasteiger partial charge in [-0.1, -0.05) is 0 Å². The van der Waals surface area contributed by atoms with Crippen molar-refractivity contribution in [1.29, 1.82) is 0 Å². The lowest BCUT2D eigenvalue weighted by Gasteiger charge is -2.02. The van der Waals surface area contributed by atoms with Crippen LogP contribution >= 0.6 is 23.5 Å². The van der Waals surface area contributed by atoms with Gasteiger partial charge in [0, 0.05) is 11.5 Å². The summed E-state index contributed by atoms with van der Waals surface area (Å²) in [5.41, 5.74) is 0. The van der Waals surface area contributed by atoms with E-state index < -0.39 is 9.84 Å². The van der Waals surface area contributed by atoms with Gasteiger partial charge in [-0.3, -0.25) is 0 Å². The van der Waals surface area contributed by atoms with Crippen molar-refractivity contribution in [2.45, 2.75) is 0 Å². The first-order chi connectivity index (χ1) is 6.12. The topological polar surface area (TPSA) is 74.6 Å². The molecule has 0 aromatic heterocycles. The molecule has 0 bridgehead atoms. The fourth-order valence-electron chi connectivity index (χ4n) is 0.535. The third-order valence-corrected chi connectivity index (χ3v) is 6.15. The summed E-state index contributed by atoms with van der Waals surface area (Å²) in [6.45, 7) is 0.00788. The second-order valence-electron chi connectivity index (χ2n) is 2.24. The minimum absolute atomic E-state index is 0.00394. The van der Waals surface area contributed by atoms with Gasteiger partial charge in [0.25, 0.3) is 0 Å². The molecule has 0 aromatic carbocycles. The average Bonchev–Trinajstić information content (AvgIpc) is 2.05. The Hall–Kier alpha value is 0.570. The molecule has 0 aliphatic carbocycles. The molecular weight excluding hydrogens is 232 g/mol. The Kier molecular flexibility index (Phi) is 8.27. The Labute approximate surface area is 87.0 Å². The Bertz CT molecular complexity index is 186. The molecular formula is C6H14O4S3. The van der Waals surface area contributed by atoms with Crippen LogP contribution in [0.1, 0.15) is 0 Å². The fourth-order valence-corrected chi connectivity index (χ4v) is 4.65. The Morgan fingerprint density at radius 1 is 0.923 bits per heavy atom. The predicted molar refractivity (Wildman–Crippen MR) is 57.7 cm³/mol. The molecule has 0 spiro atoms. The maximum absolute atomic E-state index is 11.2. The maximum Gasteiger partial charge on any atom is 0.168 e. The van der Waals surface area contributed by atoms with Crippen LogP contribution in [-0.4, -0.2) is 53.5 Å². The van der Waals surface area contributed by atoms with Gasteiger partial charge in [-0.05, 0) is 0 Å². The van der Waals surface area contributed by atoms with Gasteiger partial charge in [0.05, 0.1) is 23.4 Å². The first kappa shape index (κ1) is 13.6. The van der Waals surface area contributed by atoms with E-state index in [4.69, 9.17) is 10.2 Å². The van der Waals surface area contributed by atoms with E-state index in [9.17, 15) is 8.42 Å². The van der Waals surface area contributed by atoms with E-state index in [1.54, 1.807) is 0 Å². The van der Waals surface area contributed by atoms with Gasteiger partial charge in [0.1, 0.15) is 0 Å². The number of thioether (sulfide) groups is 2. The van der Waals surface area contributed by atoms with Gasteiger partial charge in [0.15, 0.2) is 9.84 Å². The zero-order valence-electron chi connectivity index (χ0n) is 7.18. The average molecular weight is 246 g/mol. The van der Waals surface area contributed by atoms with Crippen LogP contribution < -0.4 is 0 Å².